The number of rotatable bonds is 4. The van der Waals surface area contributed by atoms with Crippen LogP contribution >= 0.6 is 0 Å². The average molecular weight is 196 g/mol. The Hall–Kier alpha value is -0.300. The predicted molar refractivity (Wildman–Crippen MR) is 61.2 cm³/mol. The van der Waals surface area contributed by atoms with E-state index in [4.69, 9.17) is 0 Å². The summed E-state index contributed by atoms with van der Waals surface area (Å²) in [6.45, 7) is 8.35. The summed E-state index contributed by atoms with van der Waals surface area (Å²) in [6, 6.07) is 0. The third-order valence-corrected chi connectivity index (χ3v) is 4.04. The van der Waals surface area contributed by atoms with Crippen LogP contribution in [0.25, 0.3) is 0 Å². The minimum atomic E-state index is -0.475. The fraction of sp³-hybridized carbons (Fsp3) is 0.846. The first-order chi connectivity index (χ1) is 6.43. The van der Waals surface area contributed by atoms with Crippen molar-refractivity contribution in [3.63, 3.8) is 0 Å². The van der Waals surface area contributed by atoms with Gasteiger partial charge in [-0.25, -0.2) is 0 Å². The van der Waals surface area contributed by atoms with Crippen molar-refractivity contribution in [2.45, 2.75) is 65.4 Å². The lowest BCUT2D eigenvalue weighted by Crippen LogP contribution is -2.49. The first-order valence-corrected chi connectivity index (χ1v) is 5.79. The lowest BCUT2D eigenvalue weighted by atomic mass is 9.56. The van der Waals surface area contributed by atoms with Crippen LogP contribution in [0.3, 0.4) is 0 Å². The summed E-state index contributed by atoms with van der Waals surface area (Å²) in [5.41, 5.74) is 1.07. The monoisotopic (exact) mass is 196 g/mol. The van der Waals surface area contributed by atoms with Crippen molar-refractivity contribution in [3.8, 4) is 0 Å². The van der Waals surface area contributed by atoms with Crippen molar-refractivity contribution in [2.24, 2.45) is 5.41 Å². The Morgan fingerprint density at radius 1 is 1.43 bits per heavy atom. The Balaban J connectivity index is 2.72. The quantitative estimate of drug-likeness (QED) is 0.680. The molecule has 0 aliphatic heterocycles. The van der Waals surface area contributed by atoms with Gasteiger partial charge in [-0.3, -0.25) is 0 Å². The molecule has 0 bridgehead atoms. The summed E-state index contributed by atoms with van der Waals surface area (Å²) in [4.78, 5) is 0. The maximum Gasteiger partial charge on any atom is 0.0676 e. The predicted octanol–water partition coefficient (Wildman–Crippen LogP) is 3.67. The minimum absolute atomic E-state index is 0.180. The molecule has 0 heterocycles. The highest BCUT2D eigenvalue weighted by Crippen LogP contribution is 2.53. The molecular weight excluding hydrogens is 172 g/mol. The zero-order valence-electron chi connectivity index (χ0n) is 10.1. The molecule has 1 aliphatic carbocycles. The molecular formula is C13H24O. The van der Waals surface area contributed by atoms with E-state index in [2.05, 4.69) is 26.8 Å². The SMILES string of the molecule is CC[C@@](C)(O)C1(CC=C(C)C)CCC1. The molecule has 1 fully saturated rings. The third-order valence-electron chi connectivity index (χ3n) is 4.04. The minimum Gasteiger partial charge on any atom is -0.390 e. The first-order valence-electron chi connectivity index (χ1n) is 5.79. The van der Waals surface area contributed by atoms with Crippen LogP contribution in [0.2, 0.25) is 0 Å². The van der Waals surface area contributed by atoms with Gasteiger partial charge in [0.1, 0.15) is 0 Å². The molecule has 0 aromatic carbocycles. The van der Waals surface area contributed by atoms with Crippen LogP contribution in [0.5, 0.6) is 0 Å². The smallest absolute Gasteiger partial charge is 0.0676 e. The van der Waals surface area contributed by atoms with Gasteiger partial charge in [0.05, 0.1) is 5.60 Å². The van der Waals surface area contributed by atoms with Gasteiger partial charge in [0.15, 0.2) is 0 Å². The van der Waals surface area contributed by atoms with Crippen molar-refractivity contribution in [2.75, 3.05) is 0 Å². The molecule has 1 nitrogen and oxygen atoms in total. The molecule has 1 rings (SSSR count). The van der Waals surface area contributed by atoms with Crippen LogP contribution < -0.4 is 0 Å². The molecule has 1 heteroatoms. The summed E-state index contributed by atoms with van der Waals surface area (Å²) >= 11 is 0. The van der Waals surface area contributed by atoms with Crippen LogP contribution in [0, 0.1) is 5.41 Å². The second kappa shape index (κ2) is 4.06. The van der Waals surface area contributed by atoms with E-state index in [0.717, 1.165) is 12.8 Å². The lowest BCUT2D eigenvalue weighted by molar-refractivity contribution is -0.116. The second-order valence-electron chi connectivity index (χ2n) is 5.25. The lowest BCUT2D eigenvalue weighted by Gasteiger charge is -2.51. The number of allylic oxidation sites excluding steroid dienone is 2. The van der Waals surface area contributed by atoms with Gasteiger partial charge < -0.3 is 5.11 Å². The summed E-state index contributed by atoms with van der Waals surface area (Å²) in [7, 11) is 0. The van der Waals surface area contributed by atoms with Gasteiger partial charge in [-0.15, -0.1) is 0 Å². The normalized spacial score (nSPS) is 23.5. The topological polar surface area (TPSA) is 20.2 Å². The van der Waals surface area contributed by atoms with Gasteiger partial charge >= 0.3 is 0 Å². The van der Waals surface area contributed by atoms with Gasteiger partial charge in [-0.1, -0.05) is 25.0 Å². The second-order valence-corrected chi connectivity index (χ2v) is 5.25. The molecule has 0 aromatic rings. The largest absolute Gasteiger partial charge is 0.390 e. The Bertz CT molecular complexity index is 217. The highest BCUT2D eigenvalue weighted by atomic mass is 16.3. The van der Waals surface area contributed by atoms with Gasteiger partial charge in [0, 0.05) is 5.41 Å². The van der Waals surface area contributed by atoms with Crippen LogP contribution in [0.15, 0.2) is 11.6 Å². The van der Waals surface area contributed by atoms with E-state index in [0.29, 0.717) is 0 Å². The van der Waals surface area contributed by atoms with E-state index < -0.39 is 5.60 Å². The number of aliphatic hydroxyl groups is 1. The molecule has 1 aliphatic rings. The van der Waals surface area contributed by atoms with Gasteiger partial charge in [-0.2, -0.15) is 0 Å². The molecule has 1 saturated carbocycles. The van der Waals surface area contributed by atoms with E-state index in [1.807, 2.05) is 6.92 Å². The van der Waals surface area contributed by atoms with Crippen LogP contribution in [-0.4, -0.2) is 10.7 Å². The molecule has 82 valence electrons. The molecule has 1 N–H and O–H groups in total. The molecule has 0 unspecified atom stereocenters. The fourth-order valence-electron chi connectivity index (χ4n) is 2.34. The molecule has 0 saturated heterocycles. The zero-order chi connectivity index (χ0) is 10.8. The summed E-state index contributed by atoms with van der Waals surface area (Å²) in [6.07, 6.45) is 7.87. The molecule has 0 radical (unpaired) electrons. The van der Waals surface area contributed by atoms with Crippen LogP contribution in [0.1, 0.15) is 59.8 Å². The summed E-state index contributed by atoms with van der Waals surface area (Å²) in [5, 5.41) is 10.4. The van der Waals surface area contributed by atoms with Crippen molar-refractivity contribution in [1.82, 2.24) is 0 Å². The van der Waals surface area contributed by atoms with Gasteiger partial charge in [0.25, 0.3) is 0 Å². The summed E-state index contributed by atoms with van der Waals surface area (Å²) < 4.78 is 0. The third kappa shape index (κ3) is 2.03. The molecule has 0 aromatic heterocycles. The first kappa shape index (κ1) is 11.8. The number of hydrogen-bond donors (Lipinski definition) is 1. The zero-order valence-corrected chi connectivity index (χ0v) is 10.1. The van der Waals surface area contributed by atoms with Crippen molar-refractivity contribution in [3.05, 3.63) is 11.6 Å². The van der Waals surface area contributed by atoms with E-state index in [9.17, 15) is 5.11 Å². The van der Waals surface area contributed by atoms with E-state index >= 15 is 0 Å². The maximum atomic E-state index is 10.4. The fourth-order valence-corrected chi connectivity index (χ4v) is 2.34. The highest BCUT2D eigenvalue weighted by molar-refractivity contribution is 5.07. The Labute approximate surface area is 88.2 Å². The van der Waals surface area contributed by atoms with E-state index in [1.54, 1.807) is 0 Å². The van der Waals surface area contributed by atoms with E-state index in [-0.39, 0.29) is 5.41 Å². The van der Waals surface area contributed by atoms with Crippen LogP contribution in [-0.2, 0) is 0 Å². The Morgan fingerprint density at radius 2 is 2.00 bits per heavy atom. The summed E-state index contributed by atoms with van der Waals surface area (Å²) in [5.74, 6) is 0. The number of hydrogen-bond acceptors (Lipinski definition) is 1. The van der Waals surface area contributed by atoms with E-state index in [1.165, 1.54) is 24.8 Å². The highest BCUT2D eigenvalue weighted by Gasteiger charge is 2.48. The van der Waals surface area contributed by atoms with Gasteiger partial charge in [-0.05, 0) is 46.5 Å². The standard InChI is InChI=1S/C13H24O/c1-5-12(4,14)13(8-6-9-13)10-7-11(2)3/h7,14H,5-6,8-10H2,1-4H3/t12-/m1/s1. The Morgan fingerprint density at radius 3 is 2.29 bits per heavy atom. The van der Waals surface area contributed by atoms with Crippen molar-refractivity contribution in [1.29, 1.82) is 0 Å². The maximum absolute atomic E-state index is 10.4. The van der Waals surface area contributed by atoms with Gasteiger partial charge in [0.2, 0.25) is 0 Å². The van der Waals surface area contributed by atoms with Crippen LogP contribution in [0.4, 0.5) is 0 Å². The van der Waals surface area contributed by atoms with Crippen molar-refractivity contribution < 1.29 is 5.11 Å². The molecule has 1 atom stereocenters. The molecule has 0 amide bonds. The average Bonchev–Trinajstić information content (AvgIpc) is 2.01. The molecule has 0 spiro atoms. The Kier molecular flexibility index (Phi) is 3.41. The van der Waals surface area contributed by atoms with Crippen molar-refractivity contribution >= 4 is 0 Å². The molecule has 14 heavy (non-hydrogen) atoms.